The van der Waals surface area contributed by atoms with E-state index in [1.165, 1.54) is 6.07 Å². The first-order valence-corrected chi connectivity index (χ1v) is 7.92. The van der Waals surface area contributed by atoms with Gasteiger partial charge in [0.15, 0.2) is 17.5 Å². The molecule has 0 aliphatic carbocycles. The van der Waals surface area contributed by atoms with Gasteiger partial charge in [0.25, 0.3) is 0 Å². The van der Waals surface area contributed by atoms with Crippen LogP contribution in [0.5, 0.6) is 5.75 Å². The lowest BCUT2D eigenvalue weighted by Crippen LogP contribution is -2.40. The second kappa shape index (κ2) is 14.5. The average Bonchev–Trinajstić information content (AvgIpc) is 2.58. The Morgan fingerprint density at radius 2 is 1.88 bits per heavy atom. The highest BCUT2D eigenvalue weighted by molar-refractivity contribution is 14.0. The first-order chi connectivity index (χ1) is 12.1. The van der Waals surface area contributed by atoms with Crippen LogP contribution in [-0.4, -0.2) is 58.4 Å². The Bertz CT molecular complexity index is 576. The molecule has 0 saturated carbocycles. The molecule has 0 aliphatic rings. The van der Waals surface area contributed by atoms with Crippen molar-refractivity contribution in [2.24, 2.45) is 4.99 Å². The van der Waals surface area contributed by atoms with Crippen molar-refractivity contribution in [2.45, 2.75) is 6.92 Å². The minimum absolute atomic E-state index is 0. The van der Waals surface area contributed by atoms with Crippen molar-refractivity contribution in [1.82, 2.24) is 16.0 Å². The largest absolute Gasteiger partial charge is 0.489 e. The number of nitrogens with zero attached hydrogens (tertiary/aromatic N) is 1. The fraction of sp³-hybridized carbons (Fsp3) is 0.500. The third-order valence-electron chi connectivity index (χ3n) is 2.90. The molecule has 0 aromatic heterocycles. The maximum absolute atomic E-state index is 13.4. The number of benzene rings is 1. The molecule has 1 amide bonds. The van der Waals surface area contributed by atoms with Gasteiger partial charge in [-0.05, 0) is 19.1 Å². The van der Waals surface area contributed by atoms with Gasteiger partial charge in [-0.1, -0.05) is 0 Å². The molecule has 0 radical (unpaired) electrons. The molecule has 3 N–H and O–H groups in total. The SMILES string of the molecule is CCNC(=NCC(=O)NCCOC)NCCOc1ccc(F)cc1F.I. The number of ether oxygens (including phenoxy) is 2. The van der Waals surface area contributed by atoms with Crippen LogP contribution in [0.1, 0.15) is 6.92 Å². The number of aliphatic imine (C=N–C) groups is 1. The van der Waals surface area contributed by atoms with Crippen molar-refractivity contribution >= 4 is 35.8 Å². The molecule has 7 nitrogen and oxygen atoms in total. The van der Waals surface area contributed by atoms with E-state index in [4.69, 9.17) is 9.47 Å². The number of carbonyl (C=O) groups is 1. The van der Waals surface area contributed by atoms with E-state index >= 15 is 0 Å². The topological polar surface area (TPSA) is 84.0 Å². The zero-order valence-electron chi connectivity index (χ0n) is 14.8. The smallest absolute Gasteiger partial charge is 0.241 e. The van der Waals surface area contributed by atoms with Gasteiger partial charge in [-0.2, -0.15) is 0 Å². The fourth-order valence-electron chi connectivity index (χ4n) is 1.76. The minimum Gasteiger partial charge on any atom is -0.489 e. The lowest BCUT2D eigenvalue weighted by atomic mass is 10.3. The lowest BCUT2D eigenvalue weighted by Gasteiger charge is -2.12. The molecular weight excluding hydrogens is 461 g/mol. The average molecular weight is 486 g/mol. The minimum atomic E-state index is -0.756. The van der Waals surface area contributed by atoms with E-state index in [1.54, 1.807) is 7.11 Å². The Balaban J connectivity index is 0.00000625. The molecular formula is C16H25F2IN4O3. The first kappa shape index (κ1) is 24.3. The van der Waals surface area contributed by atoms with Gasteiger partial charge in [0.2, 0.25) is 5.91 Å². The summed E-state index contributed by atoms with van der Waals surface area (Å²) in [6, 6.07) is 3.12. The lowest BCUT2D eigenvalue weighted by molar-refractivity contribution is -0.119. The predicted molar refractivity (Wildman–Crippen MR) is 106 cm³/mol. The van der Waals surface area contributed by atoms with Gasteiger partial charge < -0.3 is 25.4 Å². The van der Waals surface area contributed by atoms with Crippen LogP contribution < -0.4 is 20.7 Å². The Kier molecular flexibility index (Phi) is 13.5. The van der Waals surface area contributed by atoms with Crippen molar-refractivity contribution in [3.05, 3.63) is 29.8 Å². The molecule has 1 rings (SSSR count). The van der Waals surface area contributed by atoms with E-state index in [0.717, 1.165) is 12.1 Å². The van der Waals surface area contributed by atoms with Crippen molar-refractivity contribution in [3.8, 4) is 5.75 Å². The summed E-state index contributed by atoms with van der Waals surface area (Å²) >= 11 is 0. The zero-order valence-corrected chi connectivity index (χ0v) is 17.1. The fourth-order valence-corrected chi connectivity index (χ4v) is 1.76. The second-order valence-electron chi connectivity index (χ2n) is 4.89. The van der Waals surface area contributed by atoms with Gasteiger partial charge in [-0.3, -0.25) is 4.79 Å². The molecule has 0 aliphatic heterocycles. The quantitative estimate of drug-likeness (QED) is 0.201. The summed E-state index contributed by atoms with van der Waals surface area (Å²) in [4.78, 5) is 15.7. The number of methoxy groups -OCH3 is 1. The summed E-state index contributed by atoms with van der Waals surface area (Å²) in [5, 5.41) is 8.59. The number of carbonyl (C=O) groups excluding carboxylic acids is 1. The Labute approximate surface area is 168 Å². The number of nitrogens with one attached hydrogen (secondary N) is 3. The summed E-state index contributed by atoms with van der Waals surface area (Å²) < 4.78 is 36.3. The highest BCUT2D eigenvalue weighted by Crippen LogP contribution is 2.17. The van der Waals surface area contributed by atoms with Gasteiger partial charge in [0.05, 0.1) is 13.2 Å². The molecule has 0 bridgehead atoms. The maximum Gasteiger partial charge on any atom is 0.241 e. The normalized spacial score (nSPS) is 10.7. The van der Waals surface area contributed by atoms with Crippen molar-refractivity contribution in [1.29, 1.82) is 0 Å². The number of amides is 1. The zero-order chi connectivity index (χ0) is 18.5. The molecule has 26 heavy (non-hydrogen) atoms. The van der Waals surface area contributed by atoms with Crippen molar-refractivity contribution in [3.63, 3.8) is 0 Å². The monoisotopic (exact) mass is 486 g/mol. The van der Waals surface area contributed by atoms with E-state index in [1.807, 2.05) is 6.92 Å². The Morgan fingerprint density at radius 1 is 1.15 bits per heavy atom. The van der Waals surface area contributed by atoms with Crippen LogP contribution in [0.3, 0.4) is 0 Å². The van der Waals surface area contributed by atoms with Crippen molar-refractivity contribution < 1.29 is 23.0 Å². The maximum atomic E-state index is 13.4. The number of hydrogen-bond acceptors (Lipinski definition) is 4. The molecule has 1 aromatic carbocycles. The molecule has 0 heterocycles. The van der Waals surface area contributed by atoms with Crippen LogP contribution in [0.2, 0.25) is 0 Å². The number of guanidine groups is 1. The van der Waals surface area contributed by atoms with Gasteiger partial charge in [0.1, 0.15) is 19.0 Å². The Hall–Kier alpha value is -1.69. The molecule has 0 unspecified atom stereocenters. The number of halogens is 3. The molecule has 10 heteroatoms. The third-order valence-corrected chi connectivity index (χ3v) is 2.90. The van der Waals surface area contributed by atoms with Gasteiger partial charge >= 0.3 is 0 Å². The van der Waals surface area contributed by atoms with Crippen LogP contribution in [0, 0.1) is 11.6 Å². The Morgan fingerprint density at radius 3 is 2.54 bits per heavy atom. The first-order valence-electron chi connectivity index (χ1n) is 7.92. The molecule has 1 aromatic rings. The van der Waals surface area contributed by atoms with Gasteiger partial charge in [0, 0.05) is 26.3 Å². The van der Waals surface area contributed by atoms with Gasteiger partial charge in [-0.15, -0.1) is 24.0 Å². The van der Waals surface area contributed by atoms with Crippen LogP contribution >= 0.6 is 24.0 Å². The van der Waals surface area contributed by atoms with E-state index in [2.05, 4.69) is 20.9 Å². The van der Waals surface area contributed by atoms with Crippen LogP contribution in [-0.2, 0) is 9.53 Å². The second-order valence-corrected chi connectivity index (χ2v) is 4.89. The van der Waals surface area contributed by atoms with Crippen LogP contribution in [0.25, 0.3) is 0 Å². The molecule has 0 saturated heterocycles. The molecule has 148 valence electrons. The van der Waals surface area contributed by atoms with Crippen LogP contribution in [0.4, 0.5) is 8.78 Å². The summed E-state index contributed by atoms with van der Waals surface area (Å²) in [5.74, 6) is -1.23. The van der Waals surface area contributed by atoms with Crippen molar-refractivity contribution in [2.75, 3.05) is 46.5 Å². The standard InChI is InChI=1S/C16H24F2N4O3.HI/c1-3-19-16(22-11-15(23)20-6-8-24-2)21-7-9-25-14-5-4-12(17)10-13(14)18;/h4-5,10H,3,6-9,11H2,1-2H3,(H,20,23)(H2,19,21,22);1H. The summed E-state index contributed by atoms with van der Waals surface area (Å²) in [6.07, 6.45) is 0. The van der Waals surface area contributed by atoms with E-state index < -0.39 is 11.6 Å². The summed E-state index contributed by atoms with van der Waals surface area (Å²) in [5.41, 5.74) is 0. The van der Waals surface area contributed by atoms with Gasteiger partial charge in [-0.25, -0.2) is 13.8 Å². The molecule has 0 atom stereocenters. The molecule has 0 spiro atoms. The summed E-state index contributed by atoms with van der Waals surface area (Å²) in [7, 11) is 1.55. The number of hydrogen-bond donors (Lipinski definition) is 3. The van der Waals surface area contributed by atoms with Crippen LogP contribution in [0.15, 0.2) is 23.2 Å². The highest BCUT2D eigenvalue weighted by Gasteiger charge is 2.05. The van der Waals surface area contributed by atoms with E-state index in [-0.39, 0.29) is 48.8 Å². The van der Waals surface area contributed by atoms with E-state index in [9.17, 15) is 13.6 Å². The molecule has 0 fully saturated rings. The third kappa shape index (κ3) is 10.3. The predicted octanol–water partition coefficient (Wildman–Crippen LogP) is 1.28. The highest BCUT2D eigenvalue weighted by atomic mass is 127. The summed E-state index contributed by atoms with van der Waals surface area (Å²) in [6.45, 7) is 3.80. The number of rotatable bonds is 10. The van der Waals surface area contributed by atoms with E-state index in [0.29, 0.717) is 32.2 Å².